The summed E-state index contributed by atoms with van der Waals surface area (Å²) in [6.07, 6.45) is 2.68. The van der Waals surface area contributed by atoms with Crippen molar-refractivity contribution in [2.45, 2.75) is 24.8 Å². The van der Waals surface area contributed by atoms with E-state index >= 15 is 0 Å². The third-order valence-corrected chi connectivity index (χ3v) is 4.06. The van der Waals surface area contributed by atoms with Gasteiger partial charge >= 0.3 is 0 Å². The molecule has 1 fully saturated rings. The predicted octanol–water partition coefficient (Wildman–Crippen LogP) is 2.51. The lowest BCUT2D eigenvalue weighted by molar-refractivity contribution is 0.0533. The van der Waals surface area contributed by atoms with Gasteiger partial charge in [0, 0.05) is 23.2 Å². The number of methoxy groups -OCH3 is 1. The maximum atomic E-state index is 6.41. The Labute approximate surface area is 110 Å². The van der Waals surface area contributed by atoms with Gasteiger partial charge in [0.05, 0.1) is 7.11 Å². The van der Waals surface area contributed by atoms with E-state index in [1.54, 1.807) is 7.11 Å². The van der Waals surface area contributed by atoms with Crippen LogP contribution < -0.4 is 10.5 Å². The van der Waals surface area contributed by atoms with Gasteiger partial charge in [0.25, 0.3) is 0 Å². The van der Waals surface area contributed by atoms with Crippen LogP contribution in [0.2, 0.25) is 0 Å². The van der Waals surface area contributed by atoms with Gasteiger partial charge in [0.15, 0.2) is 0 Å². The lowest BCUT2D eigenvalue weighted by Crippen LogP contribution is -2.46. The number of rotatable bonds is 3. The first-order chi connectivity index (χ1) is 8.13. The number of hydrogen-bond donors (Lipinski definition) is 1. The van der Waals surface area contributed by atoms with Gasteiger partial charge in [-0.05, 0) is 43.0 Å². The molecule has 2 rings (SSSR count). The van der Waals surface area contributed by atoms with E-state index in [4.69, 9.17) is 15.2 Å². The highest BCUT2D eigenvalue weighted by Crippen LogP contribution is 2.29. The minimum atomic E-state index is -0.146. The molecule has 2 N–H and O–H groups in total. The van der Waals surface area contributed by atoms with E-state index in [2.05, 4.69) is 15.9 Å². The quantitative estimate of drug-likeness (QED) is 0.933. The third kappa shape index (κ3) is 3.21. The largest absolute Gasteiger partial charge is 0.497 e. The highest BCUT2D eigenvalue weighted by atomic mass is 79.9. The molecular weight excluding hydrogens is 282 g/mol. The van der Waals surface area contributed by atoms with Crippen LogP contribution in [-0.2, 0) is 11.2 Å². The van der Waals surface area contributed by atoms with Crippen molar-refractivity contribution in [3.63, 3.8) is 0 Å². The maximum absolute atomic E-state index is 6.41. The van der Waals surface area contributed by atoms with Crippen LogP contribution in [0.3, 0.4) is 0 Å². The Kier molecular flexibility index (Phi) is 4.07. The molecule has 0 aromatic heterocycles. The zero-order valence-corrected chi connectivity index (χ0v) is 11.6. The Balaban J connectivity index is 2.16. The molecule has 0 radical (unpaired) electrons. The summed E-state index contributed by atoms with van der Waals surface area (Å²) in [5, 5.41) is 0. The molecule has 0 saturated carbocycles. The van der Waals surface area contributed by atoms with Crippen molar-refractivity contribution in [3.8, 4) is 5.75 Å². The van der Waals surface area contributed by atoms with E-state index in [1.165, 1.54) is 5.56 Å². The molecule has 1 aliphatic heterocycles. The van der Waals surface area contributed by atoms with Gasteiger partial charge in [0.2, 0.25) is 0 Å². The highest BCUT2D eigenvalue weighted by Gasteiger charge is 2.28. The summed E-state index contributed by atoms with van der Waals surface area (Å²) in [7, 11) is 1.68. The monoisotopic (exact) mass is 299 g/mol. The van der Waals surface area contributed by atoms with E-state index in [0.717, 1.165) is 42.7 Å². The molecule has 1 aromatic carbocycles. The molecule has 94 valence electrons. The Bertz CT molecular complexity index is 389. The number of benzene rings is 1. The molecule has 17 heavy (non-hydrogen) atoms. The Morgan fingerprint density at radius 1 is 1.41 bits per heavy atom. The standard InChI is InChI=1S/C13H18BrNO2/c1-16-11-2-3-12(14)10(8-11)9-13(15)4-6-17-7-5-13/h2-3,8H,4-7,9,15H2,1H3. The van der Waals surface area contributed by atoms with Crippen molar-refractivity contribution in [2.75, 3.05) is 20.3 Å². The summed E-state index contributed by atoms with van der Waals surface area (Å²) in [6.45, 7) is 1.52. The first kappa shape index (κ1) is 12.9. The summed E-state index contributed by atoms with van der Waals surface area (Å²) in [4.78, 5) is 0. The molecule has 0 amide bonds. The van der Waals surface area contributed by atoms with Crippen molar-refractivity contribution >= 4 is 15.9 Å². The second kappa shape index (κ2) is 5.38. The fraction of sp³-hybridized carbons (Fsp3) is 0.538. The first-order valence-corrected chi connectivity index (χ1v) is 6.61. The number of hydrogen-bond acceptors (Lipinski definition) is 3. The molecule has 1 aliphatic rings. The van der Waals surface area contributed by atoms with E-state index in [-0.39, 0.29) is 5.54 Å². The summed E-state index contributed by atoms with van der Waals surface area (Å²) < 4.78 is 11.7. The molecule has 4 heteroatoms. The molecular formula is C13H18BrNO2. The van der Waals surface area contributed by atoms with E-state index < -0.39 is 0 Å². The molecule has 0 unspecified atom stereocenters. The Hall–Kier alpha value is -0.580. The maximum Gasteiger partial charge on any atom is 0.119 e. The molecule has 1 aromatic rings. The summed E-state index contributed by atoms with van der Waals surface area (Å²) in [6, 6.07) is 6.01. The van der Waals surface area contributed by atoms with Crippen LogP contribution in [0.1, 0.15) is 18.4 Å². The summed E-state index contributed by atoms with van der Waals surface area (Å²) >= 11 is 3.57. The summed E-state index contributed by atoms with van der Waals surface area (Å²) in [5.41, 5.74) is 7.47. The van der Waals surface area contributed by atoms with Gasteiger partial charge < -0.3 is 15.2 Å². The van der Waals surface area contributed by atoms with Gasteiger partial charge in [0.1, 0.15) is 5.75 Å². The first-order valence-electron chi connectivity index (χ1n) is 5.82. The number of halogens is 1. The van der Waals surface area contributed by atoms with Crippen LogP contribution in [0.4, 0.5) is 0 Å². The predicted molar refractivity (Wildman–Crippen MR) is 71.4 cm³/mol. The average Bonchev–Trinajstić information content (AvgIpc) is 2.33. The molecule has 3 nitrogen and oxygen atoms in total. The van der Waals surface area contributed by atoms with Crippen LogP contribution in [-0.4, -0.2) is 25.9 Å². The van der Waals surface area contributed by atoms with Crippen molar-refractivity contribution in [3.05, 3.63) is 28.2 Å². The lowest BCUT2D eigenvalue weighted by Gasteiger charge is -2.33. The Morgan fingerprint density at radius 2 is 2.12 bits per heavy atom. The highest BCUT2D eigenvalue weighted by molar-refractivity contribution is 9.10. The minimum absolute atomic E-state index is 0.146. The normalized spacial score (nSPS) is 19.0. The van der Waals surface area contributed by atoms with Gasteiger partial charge in [-0.1, -0.05) is 15.9 Å². The van der Waals surface area contributed by atoms with Crippen LogP contribution in [0, 0.1) is 0 Å². The van der Waals surface area contributed by atoms with Crippen LogP contribution in [0.15, 0.2) is 22.7 Å². The molecule has 1 heterocycles. The second-order valence-electron chi connectivity index (χ2n) is 4.61. The Morgan fingerprint density at radius 3 is 2.76 bits per heavy atom. The fourth-order valence-corrected chi connectivity index (χ4v) is 2.53. The van der Waals surface area contributed by atoms with Crippen LogP contribution in [0.25, 0.3) is 0 Å². The number of ether oxygens (including phenoxy) is 2. The molecule has 0 aliphatic carbocycles. The van der Waals surface area contributed by atoms with Gasteiger partial charge in [-0.2, -0.15) is 0 Å². The molecule has 0 spiro atoms. The SMILES string of the molecule is COc1ccc(Br)c(CC2(N)CCOCC2)c1. The smallest absolute Gasteiger partial charge is 0.119 e. The zero-order valence-electron chi connectivity index (χ0n) is 10.0. The number of nitrogens with two attached hydrogens (primary N) is 1. The van der Waals surface area contributed by atoms with Crippen molar-refractivity contribution in [1.82, 2.24) is 0 Å². The molecule has 0 bridgehead atoms. The van der Waals surface area contributed by atoms with Crippen molar-refractivity contribution in [2.24, 2.45) is 5.73 Å². The van der Waals surface area contributed by atoms with Crippen molar-refractivity contribution in [1.29, 1.82) is 0 Å². The molecule has 1 saturated heterocycles. The van der Waals surface area contributed by atoms with Crippen LogP contribution >= 0.6 is 15.9 Å². The zero-order chi connectivity index (χ0) is 12.3. The van der Waals surface area contributed by atoms with Crippen LogP contribution in [0.5, 0.6) is 5.75 Å². The van der Waals surface area contributed by atoms with E-state index in [0.29, 0.717) is 0 Å². The molecule has 0 atom stereocenters. The third-order valence-electron chi connectivity index (χ3n) is 3.28. The summed E-state index contributed by atoms with van der Waals surface area (Å²) in [5.74, 6) is 0.874. The van der Waals surface area contributed by atoms with Gasteiger partial charge in [-0.15, -0.1) is 0 Å². The van der Waals surface area contributed by atoms with E-state index in [9.17, 15) is 0 Å². The van der Waals surface area contributed by atoms with Gasteiger partial charge in [-0.3, -0.25) is 0 Å². The average molecular weight is 300 g/mol. The van der Waals surface area contributed by atoms with Gasteiger partial charge in [-0.25, -0.2) is 0 Å². The lowest BCUT2D eigenvalue weighted by atomic mass is 9.85. The topological polar surface area (TPSA) is 44.5 Å². The minimum Gasteiger partial charge on any atom is -0.497 e. The van der Waals surface area contributed by atoms with Crippen molar-refractivity contribution < 1.29 is 9.47 Å². The van der Waals surface area contributed by atoms with E-state index in [1.807, 2.05) is 18.2 Å². The second-order valence-corrected chi connectivity index (χ2v) is 5.46. The fourth-order valence-electron chi connectivity index (χ4n) is 2.15.